The first-order valence-corrected chi connectivity index (χ1v) is 10.7. The molecule has 0 saturated carbocycles. The van der Waals surface area contributed by atoms with Gasteiger partial charge in [0.1, 0.15) is 11.5 Å². The van der Waals surface area contributed by atoms with Gasteiger partial charge in [0, 0.05) is 11.4 Å². The van der Waals surface area contributed by atoms with Crippen LogP contribution in [0.1, 0.15) is 5.56 Å². The third kappa shape index (κ3) is 4.30. The molecule has 5 nitrogen and oxygen atoms in total. The number of ether oxygens (including phenoxy) is 3. The zero-order valence-corrected chi connectivity index (χ0v) is 16.1. The summed E-state index contributed by atoms with van der Waals surface area (Å²) in [5, 5.41) is 0. The van der Waals surface area contributed by atoms with Crippen LogP contribution >= 0.6 is 0 Å². The predicted octanol–water partition coefficient (Wildman–Crippen LogP) is 4.03. The highest BCUT2D eigenvalue weighted by molar-refractivity contribution is 7.98. The molecule has 1 aliphatic heterocycles. The molecule has 0 bridgehead atoms. The van der Waals surface area contributed by atoms with Crippen LogP contribution in [0.25, 0.3) is 0 Å². The Labute approximate surface area is 165 Å². The summed E-state index contributed by atoms with van der Waals surface area (Å²) in [6.07, 6.45) is 0.707. The second-order valence-electron chi connectivity index (χ2n) is 6.39. The molecule has 0 saturated heterocycles. The summed E-state index contributed by atoms with van der Waals surface area (Å²) in [6.45, 7) is 0.790. The minimum absolute atomic E-state index is 0.258. The van der Waals surface area contributed by atoms with Crippen LogP contribution in [0.3, 0.4) is 0 Å². The minimum atomic E-state index is -2.59. The van der Waals surface area contributed by atoms with Gasteiger partial charge in [-0.1, -0.05) is 24.3 Å². The minimum Gasteiger partial charge on any atom is -0.457 e. The van der Waals surface area contributed by atoms with Crippen LogP contribution in [-0.4, -0.2) is 23.4 Å². The maximum Gasteiger partial charge on any atom is 0.231 e. The van der Waals surface area contributed by atoms with E-state index in [0.29, 0.717) is 23.6 Å². The highest BCUT2D eigenvalue weighted by Crippen LogP contribution is 2.32. The molecule has 0 aliphatic carbocycles. The summed E-state index contributed by atoms with van der Waals surface area (Å²) in [7, 11) is -2.59. The van der Waals surface area contributed by atoms with Gasteiger partial charge in [0.25, 0.3) is 0 Å². The third-order valence-corrected chi connectivity index (χ3v) is 6.07. The van der Waals surface area contributed by atoms with Gasteiger partial charge < -0.3 is 14.2 Å². The molecule has 0 amide bonds. The lowest BCUT2D eigenvalue weighted by Gasteiger charge is -2.13. The van der Waals surface area contributed by atoms with Gasteiger partial charge in [-0.3, -0.25) is 0 Å². The Balaban J connectivity index is 1.35. The number of rotatable bonds is 7. The van der Waals surface area contributed by atoms with E-state index in [2.05, 4.69) is 10.6 Å². The van der Waals surface area contributed by atoms with Crippen molar-refractivity contribution in [2.75, 3.05) is 13.3 Å². The van der Waals surface area contributed by atoms with Gasteiger partial charge in [-0.25, -0.2) is 8.93 Å². The van der Waals surface area contributed by atoms with Crippen molar-refractivity contribution in [1.29, 1.82) is 0 Å². The van der Waals surface area contributed by atoms with Crippen molar-refractivity contribution in [2.24, 2.45) is 0 Å². The topological polar surface area (TPSA) is 56.8 Å². The van der Waals surface area contributed by atoms with Crippen molar-refractivity contribution in [2.45, 2.75) is 11.3 Å². The Morgan fingerprint density at radius 1 is 0.929 bits per heavy atom. The van der Waals surface area contributed by atoms with E-state index in [0.717, 1.165) is 22.8 Å². The third-order valence-electron chi connectivity index (χ3n) is 4.37. The van der Waals surface area contributed by atoms with Gasteiger partial charge in [0.2, 0.25) is 6.79 Å². The van der Waals surface area contributed by atoms with Crippen molar-refractivity contribution >= 4 is 15.6 Å². The Hall–Kier alpha value is -2.96. The fourth-order valence-corrected chi connectivity index (χ4v) is 4.07. The lowest BCUT2D eigenvalue weighted by atomic mass is 10.1. The van der Waals surface area contributed by atoms with Crippen molar-refractivity contribution < 1.29 is 18.4 Å². The van der Waals surface area contributed by atoms with E-state index >= 15 is 0 Å². The number of benzene rings is 3. The average molecular weight is 395 g/mol. The molecule has 1 unspecified atom stereocenters. The first-order chi connectivity index (χ1) is 13.6. The second-order valence-corrected chi connectivity index (χ2v) is 8.50. The quantitative estimate of drug-likeness (QED) is 0.614. The second kappa shape index (κ2) is 7.96. The standard InChI is InChI=1S/C22H21NO4S/c1-28(24,23-14-13-17-7-12-21-22(15-17)26-16-25-21)20-10-8-19(9-11-20)27-18-5-3-2-4-6-18/h2-12,15H,1,13-14,16H2,(H,23,24). The van der Waals surface area contributed by atoms with Crippen LogP contribution in [0.4, 0.5) is 0 Å². The van der Waals surface area contributed by atoms with Crippen molar-refractivity contribution in [3.8, 4) is 23.0 Å². The fourth-order valence-electron chi connectivity index (χ4n) is 2.89. The number of fused-ring (bicyclic) bond motifs is 1. The summed E-state index contributed by atoms with van der Waals surface area (Å²) >= 11 is 0. The molecule has 3 aromatic carbocycles. The van der Waals surface area contributed by atoms with Gasteiger partial charge in [0.15, 0.2) is 11.5 Å². The Morgan fingerprint density at radius 3 is 2.43 bits per heavy atom. The highest BCUT2D eigenvalue weighted by atomic mass is 32.2. The van der Waals surface area contributed by atoms with Crippen LogP contribution in [-0.2, 0) is 16.1 Å². The molecule has 3 aromatic rings. The van der Waals surface area contributed by atoms with E-state index in [1.165, 1.54) is 0 Å². The first kappa shape index (κ1) is 18.4. The van der Waals surface area contributed by atoms with Crippen molar-refractivity contribution in [1.82, 2.24) is 4.72 Å². The van der Waals surface area contributed by atoms with Crippen LogP contribution in [0.2, 0.25) is 0 Å². The monoisotopic (exact) mass is 395 g/mol. The van der Waals surface area contributed by atoms with Crippen molar-refractivity contribution in [3.63, 3.8) is 0 Å². The summed E-state index contributed by atoms with van der Waals surface area (Å²) in [6, 6.07) is 22.5. The fraction of sp³-hybridized carbons (Fsp3) is 0.136. The Bertz CT molecular complexity index is 1050. The summed E-state index contributed by atoms with van der Waals surface area (Å²) in [5.74, 6) is 6.83. The molecule has 6 heteroatoms. The van der Waals surface area contributed by atoms with Gasteiger partial charge in [-0.05, 0) is 66.4 Å². The van der Waals surface area contributed by atoms with E-state index < -0.39 is 9.71 Å². The number of hydrogen-bond acceptors (Lipinski definition) is 4. The smallest absolute Gasteiger partial charge is 0.231 e. The van der Waals surface area contributed by atoms with Gasteiger partial charge >= 0.3 is 0 Å². The molecule has 1 aliphatic rings. The number of para-hydroxylation sites is 1. The Kier molecular flexibility index (Phi) is 5.23. The van der Waals surface area contributed by atoms with Crippen LogP contribution < -0.4 is 18.9 Å². The van der Waals surface area contributed by atoms with Crippen LogP contribution in [0, 0.1) is 0 Å². The summed E-state index contributed by atoms with van der Waals surface area (Å²) in [5.41, 5.74) is 1.08. The molecule has 0 radical (unpaired) electrons. The van der Waals surface area contributed by atoms with Gasteiger partial charge in [-0.15, -0.1) is 0 Å². The van der Waals surface area contributed by atoms with E-state index in [1.54, 1.807) is 24.3 Å². The molecule has 0 fully saturated rings. The van der Waals surface area contributed by atoms with Crippen molar-refractivity contribution in [3.05, 3.63) is 78.4 Å². The molecule has 0 aromatic heterocycles. The maximum absolute atomic E-state index is 12.9. The average Bonchev–Trinajstić information content (AvgIpc) is 3.17. The van der Waals surface area contributed by atoms with Gasteiger partial charge in [0.05, 0.1) is 9.71 Å². The lowest BCUT2D eigenvalue weighted by molar-refractivity contribution is 0.174. The molecule has 1 atom stereocenters. The van der Waals surface area contributed by atoms with E-state index in [9.17, 15) is 4.21 Å². The SMILES string of the molecule is C=S(=O)(NCCc1ccc2c(c1)OCO2)c1ccc(Oc2ccccc2)cc1. The molecule has 144 valence electrons. The zero-order valence-electron chi connectivity index (χ0n) is 15.3. The molecule has 1 N–H and O–H groups in total. The zero-order chi connectivity index (χ0) is 19.4. The summed E-state index contributed by atoms with van der Waals surface area (Å²) in [4.78, 5) is 0.638. The van der Waals surface area contributed by atoms with E-state index in [4.69, 9.17) is 14.2 Å². The Morgan fingerprint density at radius 2 is 1.64 bits per heavy atom. The molecule has 1 heterocycles. The van der Waals surface area contributed by atoms with Gasteiger partial charge in [-0.2, -0.15) is 0 Å². The maximum atomic E-state index is 12.9. The predicted molar refractivity (Wildman–Crippen MR) is 111 cm³/mol. The lowest BCUT2D eigenvalue weighted by Crippen LogP contribution is -2.25. The first-order valence-electron chi connectivity index (χ1n) is 8.93. The molecule has 28 heavy (non-hydrogen) atoms. The summed E-state index contributed by atoms with van der Waals surface area (Å²) < 4.78 is 32.5. The largest absolute Gasteiger partial charge is 0.457 e. The molecule has 4 rings (SSSR count). The van der Waals surface area contributed by atoms with Crippen LogP contribution in [0.5, 0.6) is 23.0 Å². The normalized spacial score (nSPS) is 14.4. The number of hydrogen-bond donors (Lipinski definition) is 1. The van der Waals surface area contributed by atoms with Crippen LogP contribution in [0.15, 0.2) is 77.7 Å². The molecule has 0 spiro atoms. The molecular formula is C22H21NO4S. The highest BCUT2D eigenvalue weighted by Gasteiger charge is 2.13. The molecular weight excluding hydrogens is 374 g/mol. The van der Waals surface area contributed by atoms with E-state index in [1.807, 2.05) is 48.5 Å². The van der Waals surface area contributed by atoms with E-state index in [-0.39, 0.29) is 6.79 Å². The number of nitrogens with one attached hydrogen (secondary N) is 1.